The minimum absolute atomic E-state index is 0.0143. The van der Waals surface area contributed by atoms with E-state index in [0.717, 1.165) is 12.1 Å². The molecule has 0 spiro atoms. The first kappa shape index (κ1) is 24.9. The summed E-state index contributed by atoms with van der Waals surface area (Å²) in [5, 5.41) is 2.64. The molecule has 1 saturated heterocycles. The first-order chi connectivity index (χ1) is 15.0. The number of sulfonamides is 1. The van der Waals surface area contributed by atoms with Crippen LogP contribution in [0.15, 0.2) is 18.2 Å². The number of rotatable bonds is 7. The molecule has 0 radical (unpaired) electrons. The van der Waals surface area contributed by atoms with Gasteiger partial charge in [-0.3, -0.25) is 9.69 Å². The van der Waals surface area contributed by atoms with Crippen molar-refractivity contribution in [2.24, 2.45) is 0 Å². The molecule has 0 aromatic heterocycles. The van der Waals surface area contributed by atoms with Gasteiger partial charge in [0.2, 0.25) is 15.9 Å². The van der Waals surface area contributed by atoms with Crippen molar-refractivity contribution in [3.05, 3.63) is 35.4 Å². The van der Waals surface area contributed by atoms with Gasteiger partial charge in [0.1, 0.15) is 11.6 Å². The zero-order valence-corrected chi connectivity index (χ0v) is 18.9. The SMILES string of the molecule is CCCS(=O)(=O)N1CCN(C2(CNC(=O)c3ccc(F)cc3F)CCC(F)(F)CC2)CC1. The second-order valence-electron chi connectivity index (χ2n) is 8.59. The average molecular weight is 480 g/mol. The van der Waals surface area contributed by atoms with Crippen molar-refractivity contribution in [2.45, 2.75) is 50.5 Å². The standard InChI is InChI=1S/C21H29F4N3O3S/c1-2-13-32(30,31)28-11-9-27(10-12-28)20(5-7-21(24,25)8-6-20)15-26-19(29)17-4-3-16(22)14-18(17)23/h3-4,14H,2,5-13,15H2,1H3,(H,26,29). The molecular formula is C21H29F4N3O3S. The number of halogens is 4. The molecule has 2 aliphatic rings. The summed E-state index contributed by atoms with van der Waals surface area (Å²) in [6, 6.07) is 2.63. The molecule has 1 N–H and O–H groups in total. The van der Waals surface area contributed by atoms with Gasteiger partial charge in [0, 0.05) is 57.2 Å². The first-order valence-corrected chi connectivity index (χ1v) is 12.4. The van der Waals surface area contributed by atoms with Crippen molar-refractivity contribution in [2.75, 3.05) is 38.5 Å². The molecule has 1 aliphatic heterocycles. The van der Waals surface area contributed by atoms with E-state index < -0.39 is 39.0 Å². The Balaban J connectivity index is 1.72. The number of benzene rings is 1. The van der Waals surface area contributed by atoms with E-state index in [9.17, 15) is 30.8 Å². The topological polar surface area (TPSA) is 69.7 Å². The number of alkyl halides is 2. The summed E-state index contributed by atoms with van der Waals surface area (Å²) >= 11 is 0. The number of carbonyl (C=O) groups excluding carboxylic acids is 1. The molecule has 180 valence electrons. The van der Waals surface area contributed by atoms with Gasteiger partial charge in [-0.1, -0.05) is 6.92 Å². The van der Waals surface area contributed by atoms with Gasteiger partial charge in [0.25, 0.3) is 5.91 Å². The smallest absolute Gasteiger partial charge is 0.254 e. The van der Waals surface area contributed by atoms with Crippen LogP contribution in [0, 0.1) is 11.6 Å². The van der Waals surface area contributed by atoms with E-state index in [0.29, 0.717) is 25.6 Å². The van der Waals surface area contributed by atoms with Crippen molar-refractivity contribution in [3.63, 3.8) is 0 Å². The van der Waals surface area contributed by atoms with E-state index in [2.05, 4.69) is 5.32 Å². The Morgan fingerprint density at radius 1 is 1.06 bits per heavy atom. The van der Waals surface area contributed by atoms with Crippen molar-refractivity contribution >= 4 is 15.9 Å². The molecule has 1 heterocycles. The molecule has 1 saturated carbocycles. The summed E-state index contributed by atoms with van der Waals surface area (Å²) in [6.45, 7) is 3.02. The van der Waals surface area contributed by atoms with Crippen LogP contribution in [0.3, 0.4) is 0 Å². The van der Waals surface area contributed by atoms with Crippen LogP contribution in [0.1, 0.15) is 49.4 Å². The van der Waals surface area contributed by atoms with Gasteiger partial charge >= 0.3 is 0 Å². The number of hydrogen-bond acceptors (Lipinski definition) is 4. The number of hydrogen-bond donors (Lipinski definition) is 1. The largest absolute Gasteiger partial charge is 0.350 e. The molecule has 0 unspecified atom stereocenters. The fraction of sp³-hybridized carbons (Fsp3) is 0.667. The Bertz CT molecular complexity index is 924. The summed E-state index contributed by atoms with van der Waals surface area (Å²) in [7, 11) is -3.35. The lowest BCUT2D eigenvalue weighted by Crippen LogP contribution is -2.63. The molecule has 0 bridgehead atoms. The maximum Gasteiger partial charge on any atom is 0.254 e. The molecule has 1 aliphatic carbocycles. The Morgan fingerprint density at radius 3 is 2.25 bits per heavy atom. The van der Waals surface area contributed by atoms with Gasteiger partial charge in [-0.05, 0) is 31.4 Å². The highest BCUT2D eigenvalue weighted by molar-refractivity contribution is 7.89. The third-order valence-electron chi connectivity index (χ3n) is 6.43. The van der Waals surface area contributed by atoms with Gasteiger partial charge in [-0.2, -0.15) is 4.31 Å². The minimum atomic E-state index is -3.35. The lowest BCUT2D eigenvalue weighted by molar-refractivity contribution is -0.0856. The molecule has 3 rings (SSSR count). The number of nitrogens with one attached hydrogen (secondary N) is 1. The van der Waals surface area contributed by atoms with E-state index in [1.54, 1.807) is 6.92 Å². The molecule has 1 aromatic carbocycles. The van der Waals surface area contributed by atoms with Gasteiger partial charge < -0.3 is 5.32 Å². The summed E-state index contributed by atoms with van der Waals surface area (Å²) in [6.07, 6.45) is 0.0551. The summed E-state index contributed by atoms with van der Waals surface area (Å²) in [5.41, 5.74) is -1.10. The van der Waals surface area contributed by atoms with Gasteiger partial charge in [0.05, 0.1) is 11.3 Å². The molecule has 11 heteroatoms. The molecule has 0 atom stereocenters. The third kappa shape index (κ3) is 5.60. The van der Waals surface area contributed by atoms with Crippen molar-refractivity contribution in [3.8, 4) is 0 Å². The molecular weight excluding hydrogens is 450 g/mol. The first-order valence-electron chi connectivity index (χ1n) is 10.8. The zero-order valence-electron chi connectivity index (χ0n) is 18.0. The minimum Gasteiger partial charge on any atom is -0.350 e. The second kappa shape index (κ2) is 9.64. The van der Waals surface area contributed by atoms with Crippen LogP contribution < -0.4 is 5.32 Å². The third-order valence-corrected chi connectivity index (χ3v) is 8.51. The van der Waals surface area contributed by atoms with E-state index in [-0.39, 0.29) is 56.6 Å². The summed E-state index contributed by atoms with van der Waals surface area (Å²) < 4.78 is 81.0. The Hall–Kier alpha value is -1.72. The highest BCUT2D eigenvalue weighted by Gasteiger charge is 2.47. The van der Waals surface area contributed by atoms with Crippen LogP contribution in [0.2, 0.25) is 0 Å². The highest BCUT2D eigenvalue weighted by Crippen LogP contribution is 2.41. The van der Waals surface area contributed by atoms with E-state index >= 15 is 0 Å². The van der Waals surface area contributed by atoms with Crippen LogP contribution in [0.4, 0.5) is 17.6 Å². The molecule has 6 nitrogen and oxygen atoms in total. The van der Waals surface area contributed by atoms with Crippen molar-refractivity contribution in [1.82, 2.24) is 14.5 Å². The van der Waals surface area contributed by atoms with Crippen LogP contribution in [0.5, 0.6) is 0 Å². The average Bonchev–Trinajstić information content (AvgIpc) is 2.73. The predicted octanol–water partition coefficient (Wildman–Crippen LogP) is 3.00. The lowest BCUT2D eigenvalue weighted by Gasteiger charge is -2.50. The van der Waals surface area contributed by atoms with E-state index in [4.69, 9.17) is 0 Å². The molecule has 1 aromatic rings. The highest BCUT2D eigenvalue weighted by atomic mass is 32.2. The zero-order chi connectivity index (χ0) is 23.6. The van der Waals surface area contributed by atoms with Crippen LogP contribution in [-0.4, -0.2) is 73.5 Å². The van der Waals surface area contributed by atoms with Crippen molar-refractivity contribution in [1.29, 1.82) is 0 Å². The van der Waals surface area contributed by atoms with E-state index in [1.165, 1.54) is 4.31 Å². The second-order valence-corrected chi connectivity index (χ2v) is 10.7. The fourth-order valence-corrected chi connectivity index (χ4v) is 6.02. The number of nitrogens with zero attached hydrogens (tertiary/aromatic N) is 2. The maximum absolute atomic E-state index is 14.0. The Labute approximate surface area is 186 Å². The molecule has 32 heavy (non-hydrogen) atoms. The normalized spacial score (nSPS) is 21.9. The van der Waals surface area contributed by atoms with Gasteiger partial charge in [-0.15, -0.1) is 0 Å². The molecule has 1 amide bonds. The van der Waals surface area contributed by atoms with Crippen LogP contribution in [-0.2, 0) is 10.0 Å². The number of carbonyl (C=O) groups is 1. The van der Waals surface area contributed by atoms with Gasteiger partial charge in [-0.25, -0.2) is 26.0 Å². The summed E-state index contributed by atoms with van der Waals surface area (Å²) in [5.74, 6) is -5.28. The van der Waals surface area contributed by atoms with Crippen LogP contribution in [0.25, 0.3) is 0 Å². The quantitative estimate of drug-likeness (QED) is 0.611. The predicted molar refractivity (Wildman–Crippen MR) is 112 cm³/mol. The van der Waals surface area contributed by atoms with Crippen LogP contribution >= 0.6 is 0 Å². The monoisotopic (exact) mass is 479 g/mol. The number of piperazine rings is 1. The van der Waals surface area contributed by atoms with Crippen molar-refractivity contribution < 1.29 is 30.8 Å². The maximum atomic E-state index is 14.0. The fourth-order valence-electron chi connectivity index (χ4n) is 4.53. The Kier molecular flexibility index (Phi) is 7.51. The van der Waals surface area contributed by atoms with Gasteiger partial charge in [0.15, 0.2) is 0 Å². The van der Waals surface area contributed by atoms with E-state index in [1.807, 2.05) is 4.90 Å². The lowest BCUT2D eigenvalue weighted by atomic mass is 9.78. The Morgan fingerprint density at radius 2 is 1.69 bits per heavy atom. The number of amides is 1. The summed E-state index contributed by atoms with van der Waals surface area (Å²) in [4.78, 5) is 14.5. The molecule has 2 fully saturated rings.